The second kappa shape index (κ2) is 5.69. The van der Waals surface area contributed by atoms with E-state index in [1.807, 2.05) is 0 Å². The molecular formula is C19H16O5. The molecule has 5 nitrogen and oxygen atoms in total. The van der Waals surface area contributed by atoms with Gasteiger partial charge in [-0.1, -0.05) is 60.7 Å². The SMILES string of the molecule is COC(=O)[C@]1(C(=O)c2ccccc2)O[C@@]1(C)C(=O)c1ccccc1. The average molecular weight is 324 g/mol. The molecule has 2 atom stereocenters. The molecule has 2 aromatic carbocycles. The summed E-state index contributed by atoms with van der Waals surface area (Å²) in [5.41, 5.74) is -2.89. The second-order valence-corrected chi connectivity index (χ2v) is 5.70. The lowest BCUT2D eigenvalue weighted by molar-refractivity contribution is -0.144. The number of carbonyl (C=O) groups is 3. The van der Waals surface area contributed by atoms with Crippen LogP contribution < -0.4 is 0 Å². The van der Waals surface area contributed by atoms with Crippen molar-refractivity contribution in [1.29, 1.82) is 0 Å². The maximum Gasteiger partial charge on any atom is 0.350 e. The minimum Gasteiger partial charge on any atom is -0.466 e. The van der Waals surface area contributed by atoms with E-state index in [2.05, 4.69) is 0 Å². The van der Waals surface area contributed by atoms with Crippen LogP contribution in [0.3, 0.4) is 0 Å². The predicted octanol–water partition coefficient (Wildman–Crippen LogP) is 2.45. The van der Waals surface area contributed by atoms with Crippen LogP contribution in [0, 0.1) is 0 Å². The van der Waals surface area contributed by atoms with Gasteiger partial charge in [-0.25, -0.2) is 4.79 Å². The van der Waals surface area contributed by atoms with Crippen LogP contribution >= 0.6 is 0 Å². The highest BCUT2D eigenvalue weighted by Crippen LogP contribution is 2.52. The zero-order valence-corrected chi connectivity index (χ0v) is 13.3. The van der Waals surface area contributed by atoms with Gasteiger partial charge in [-0.3, -0.25) is 9.59 Å². The summed E-state index contributed by atoms with van der Waals surface area (Å²) in [4.78, 5) is 38.1. The maximum absolute atomic E-state index is 12.9. The van der Waals surface area contributed by atoms with Crippen molar-refractivity contribution in [3.8, 4) is 0 Å². The van der Waals surface area contributed by atoms with Crippen LogP contribution in [-0.4, -0.2) is 35.8 Å². The van der Waals surface area contributed by atoms with E-state index < -0.39 is 28.7 Å². The Morgan fingerprint density at radius 3 is 1.75 bits per heavy atom. The molecule has 0 aromatic heterocycles. The fraction of sp³-hybridized carbons (Fsp3) is 0.211. The lowest BCUT2D eigenvalue weighted by Crippen LogP contribution is -2.45. The molecule has 1 aliphatic rings. The first-order chi connectivity index (χ1) is 11.5. The van der Waals surface area contributed by atoms with Gasteiger partial charge in [0.25, 0.3) is 5.60 Å². The molecule has 24 heavy (non-hydrogen) atoms. The maximum atomic E-state index is 12.9. The molecular weight excluding hydrogens is 308 g/mol. The zero-order chi connectivity index (χ0) is 17.4. The first kappa shape index (κ1) is 16.1. The topological polar surface area (TPSA) is 73.0 Å². The summed E-state index contributed by atoms with van der Waals surface area (Å²) in [5.74, 6) is -1.89. The van der Waals surface area contributed by atoms with Crippen LogP contribution in [0.5, 0.6) is 0 Å². The first-order valence-electron chi connectivity index (χ1n) is 7.45. The average Bonchev–Trinajstić information content (AvgIpc) is 3.29. The van der Waals surface area contributed by atoms with Gasteiger partial charge in [0.2, 0.25) is 5.78 Å². The van der Waals surface area contributed by atoms with Crippen LogP contribution in [0.4, 0.5) is 0 Å². The molecule has 0 bridgehead atoms. The van der Waals surface area contributed by atoms with Crippen molar-refractivity contribution in [3.63, 3.8) is 0 Å². The van der Waals surface area contributed by atoms with Crippen molar-refractivity contribution in [3.05, 3.63) is 71.8 Å². The largest absolute Gasteiger partial charge is 0.466 e. The summed E-state index contributed by atoms with van der Waals surface area (Å²) in [5, 5.41) is 0. The number of epoxide rings is 1. The Morgan fingerprint density at radius 2 is 1.29 bits per heavy atom. The lowest BCUT2D eigenvalue weighted by Gasteiger charge is -2.13. The molecule has 0 spiro atoms. The van der Waals surface area contributed by atoms with Crippen molar-refractivity contribution in [2.75, 3.05) is 7.11 Å². The summed E-state index contributed by atoms with van der Waals surface area (Å²) in [6, 6.07) is 16.7. The zero-order valence-electron chi connectivity index (χ0n) is 13.3. The van der Waals surface area contributed by atoms with Gasteiger partial charge < -0.3 is 9.47 Å². The molecule has 0 N–H and O–H groups in total. The molecule has 3 rings (SSSR count). The highest BCUT2D eigenvalue weighted by Gasteiger charge is 2.81. The molecule has 1 aliphatic heterocycles. The Kier molecular flexibility index (Phi) is 3.81. The normalized spacial score (nSPS) is 24.9. The monoisotopic (exact) mass is 324 g/mol. The number of benzene rings is 2. The Balaban J connectivity index is 2.03. The number of rotatable bonds is 5. The van der Waals surface area contributed by atoms with Crippen molar-refractivity contribution < 1.29 is 23.9 Å². The van der Waals surface area contributed by atoms with E-state index >= 15 is 0 Å². The van der Waals surface area contributed by atoms with E-state index in [-0.39, 0.29) is 5.56 Å². The Bertz CT molecular complexity index is 799. The van der Waals surface area contributed by atoms with Crippen LogP contribution in [0.15, 0.2) is 60.7 Å². The van der Waals surface area contributed by atoms with E-state index in [4.69, 9.17) is 9.47 Å². The van der Waals surface area contributed by atoms with Gasteiger partial charge in [-0.15, -0.1) is 0 Å². The second-order valence-electron chi connectivity index (χ2n) is 5.70. The van der Waals surface area contributed by atoms with E-state index in [9.17, 15) is 14.4 Å². The van der Waals surface area contributed by atoms with Gasteiger partial charge in [0.15, 0.2) is 11.4 Å². The number of hydrogen-bond acceptors (Lipinski definition) is 5. The van der Waals surface area contributed by atoms with Gasteiger partial charge in [0, 0.05) is 11.1 Å². The van der Waals surface area contributed by atoms with E-state index in [1.54, 1.807) is 60.7 Å². The fourth-order valence-electron chi connectivity index (χ4n) is 2.88. The molecule has 0 unspecified atom stereocenters. The van der Waals surface area contributed by atoms with Gasteiger partial charge >= 0.3 is 5.97 Å². The molecule has 0 saturated carbocycles. The molecule has 2 aromatic rings. The van der Waals surface area contributed by atoms with Crippen molar-refractivity contribution in [2.24, 2.45) is 0 Å². The number of Topliss-reactive ketones (excluding diaryl/α,β-unsaturated/α-hetero) is 2. The van der Waals surface area contributed by atoms with Gasteiger partial charge in [0.1, 0.15) is 0 Å². The highest BCUT2D eigenvalue weighted by atomic mass is 16.7. The minimum atomic E-state index is -1.95. The molecule has 1 fully saturated rings. The Hall–Kier alpha value is -2.79. The predicted molar refractivity (Wildman–Crippen MR) is 85.8 cm³/mol. The number of hydrogen-bond donors (Lipinski definition) is 0. The fourth-order valence-corrected chi connectivity index (χ4v) is 2.88. The van der Waals surface area contributed by atoms with Crippen molar-refractivity contribution >= 4 is 17.5 Å². The summed E-state index contributed by atoms with van der Waals surface area (Å²) in [7, 11) is 1.16. The van der Waals surface area contributed by atoms with Gasteiger partial charge in [-0.2, -0.15) is 0 Å². The summed E-state index contributed by atoms with van der Waals surface area (Å²) in [6.45, 7) is 1.44. The molecule has 1 saturated heterocycles. The third kappa shape index (κ3) is 2.17. The standard InChI is InChI=1S/C19H16O5/c1-18(15(20)13-9-5-3-6-10-13)19(24-18,17(22)23-2)16(21)14-11-7-4-8-12-14/h3-12H,1-2H3/t18-,19-/m0/s1. The van der Waals surface area contributed by atoms with E-state index in [1.165, 1.54) is 6.92 Å². The summed E-state index contributed by atoms with van der Waals surface area (Å²) in [6.07, 6.45) is 0. The number of methoxy groups -OCH3 is 1. The van der Waals surface area contributed by atoms with Crippen LogP contribution in [0.2, 0.25) is 0 Å². The molecule has 5 heteroatoms. The van der Waals surface area contributed by atoms with E-state index in [0.717, 1.165) is 7.11 Å². The molecule has 0 radical (unpaired) electrons. The molecule has 0 amide bonds. The summed E-state index contributed by atoms with van der Waals surface area (Å²) >= 11 is 0. The molecule has 0 aliphatic carbocycles. The Morgan fingerprint density at radius 1 is 0.833 bits per heavy atom. The third-order valence-electron chi connectivity index (χ3n) is 4.29. The highest BCUT2D eigenvalue weighted by molar-refractivity contribution is 6.26. The Labute approximate surface area is 139 Å². The summed E-state index contributed by atoms with van der Waals surface area (Å²) < 4.78 is 10.3. The smallest absolute Gasteiger partial charge is 0.350 e. The first-order valence-corrected chi connectivity index (χ1v) is 7.45. The molecule has 122 valence electrons. The third-order valence-corrected chi connectivity index (χ3v) is 4.29. The van der Waals surface area contributed by atoms with Crippen molar-refractivity contribution in [1.82, 2.24) is 0 Å². The van der Waals surface area contributed by atoms with Crippen LogP contribution in [0.1, 0.15) is 27.6 Å². The van der Waals surface area contributed by atoms with Crippen molar-refractivity contribution in [2.45, 2.75) is 18.1 Å². The molecule has 1 heterocycles. The quantitative estimate of drug-likeness (QED) is 0.365. The van der Waals surface area contributed by atoms with Crippen LogP contribution in [-0.2, 0) is 14.3 Å². The lowest BCUT2D eigenvalue weighted by atomic mass is 9.82. The number of carbonyl (C=O) groups excluding carboxylic acids is 3. The number of esters is 1. The number of ketones is 2. The number of ether oxygens (including phenoxy) is 2. The minimum absolute atomic E-state index is 0.285. The van der Waals surface area contributed by atoms with Gasteiger partial charge in [-0.05, 0) is 6.92 Å². The van der Waals surface area contributed by atoms with E-state index in [0.29, 0.717) is 5.56 Å². The van der Waals surface area contributed by atoms with Crippen LogP contribution in [0.25, 0.3) is 0 Å². The van der Waals surface area contributed by atoms with Gasteiger partial charge in [0.05, 0.1) is 7.11 Å².